The summed E-state index contributed by atoms with van der Waals surface area (Å²) in [4.78, 5) is 25.4. The van der Waals surface area contributed by atoms with Gasteiger partial charge in [0.05, 0.1) is 12.1 Å². The molecule has 2 saturated heterocycles. The standard InChI is InChI=1S/C15H18N4OS2/c20-15(13-9-21-10-17-13)19-3-1-11-5-18(6-12(11)7-19)8-14-16-2-4-22-14/h2,4,9-12H,1,3,5-8H2/t11-,12-/m0/s1. The Morgan fingerprint density at radius 3 is 2.95 bits per heavy atom. The quantitative estimate of drug-likeness (QED) is 0.863. The predicted octanol–water partition coefficient (Wildman–Crippen LogP) is 2.19. The third kappa shape index (κ3) is 2.80. The molecule has 1 amide bonds. The minimum absolute atomic E-state index is 0.0954. The van der Waals surface area contributed by atoms with Crippen LogP contribution in [-0.4, -0.2) is 51.9 Å². The Kier molecular flexibility index (Phi) is 3.94. The van der Waals surface area contributed by atoms with E-state index in [1.165, 1.54) is 16.3 Å². The molecule has 0 spiro atoms. The molecule has 7 heteroatoms. The number of amides is 1. The zero-order valence-electron chi connectivity index (χ0n) is 12.2. The van der Waals surface area contributed by atoms with Gasteiger partial charge in [0.15, 0.2) is 0 Å². The summed E-state index contributed by atoms with van der Waals surface area (Å²) < 4.78 is 0. The van der Waals surface area contributed by atoms with Crippen LogP contribution in [0, 0.1) is 11.8 Å². The zero-order valence-corrected chi connectivity index (χ0v) is 13.9. The summed E-state index contributed by atoms with van der Waals surface area (Å²) in [7, 11) is 0. The van der Waals surface area contributed by atoms with E-state index < -0.39 is 0 Å². The molecule has 2 aromatic heterocycles. The molecule has 2 fully saturated rings. The molecule has 0 aliphatic carbocycles. The molecule has 0 unspecified atom stereocenters. The number of nitrogens with zero attached hydrogens (tertiary/aromatic N) is 4. The highest BCUT2D eigenvalue weighted by atomic mass is 32.1. The van der Waals surface area contributed by atoms with Crippen molar-refractivity contribution in [2.75, 3.05) is 26.2 Å². The van der Waals surface area contributed by atoms with Crippen LogP contribution in [0.4, 0.5) is 0 Å². The molecule has 5 nitrogen and oxygen atoms in total. The van der Waals surface area contributed by atoms with Crippen molar-refractivity contribution in [3.8, 4) is 0 Å². The number of piperidine rings is 1. The van der Waals surface area contributed by atoms with Gasteiger partial charge in [-0.2, -0.15) is 0 Å². The van der Waals surface area contributed by atoms with Gasteiger partial charge in [-0.1, -0.05) is 0 Å². The largest absolute Gasteiger partial charge is 0.337 e. The van der Waals surface area contributed by atoms with E-state index in [1.807, 2.05) is 21.9 Å². The molecular formula is C15H18N4OS2. The highest BCUT2D eigenvalue weighted by Gasteiger charge is 2.38. The molecule has 0 radical (unpaired) electrons. The molecule has 2 aliphatic rings. The summed E-state index contributed by atoms with van der Waals surface area (Å²) >= 11 is 3.20. The number of carbonyl (C=O) groups excluding carboxylic acids is 1. The second kappa shape index (κ2) is 6.06. The van der Waals surface area contributed by atoms with Gasteiger partial charge < -0.3 is 4.90 Å². The van der Waals surface area contributed by atoms with E-state index in [9.17, 15) is 4.79 Å². The van der Waals surface area contributed by atoms with Crippen LogP contribution >= 0.6 is 22.7 Å². The fourth-order valence-corrected chi connectivity index (χ4v) is 4.77. The Morgan fingerprint density at radius 2 is 2.18 bits per heavy atom. The zero-order chi connectivity index (χ0) is 14.9. The van der Waals surface area contributed by atoms with Crippen LogP contribution < -0.4 is 0 Å². The third-order valence-corrected chi connectivity index (χ3v) is 6.01. The van der Waals surface area contributed by atoms with Gasteiger partial charge in [0.25, 0.3) is 5.91 Å². The molecule has 2 atom stereocenters. The molecule has 0 N–H and O–H groups in total. The van der Waals surface area contributed by atoms with Crippen LogP contribution in [0.5, 0.6) is 0 Å². The first-order valence-corrected chi connectivity index (χ1v) is 9.40. The number of rotatable bonds is 3. The van der Waals surface area contributed by atoms with Gasteiger partial charge >= 0.3 is 0 Å². The monoisotopic (exact) mass is 334 g/mol. The van der Waals surface area contributed by atoms with E-state index in [0.717, 1.165) is 45.1 Å². The normalized spacial score (nSPS) is 25.4. The lowest BCUT2D eigenvalue weighted by atomic mass is 9.88. The molecule has 4 heterocycles. The van der Waals surface area contributed by atoms with Crippen molar-refractivity contribution >= 4 is 28.6 Å². The van der Waals surface area contributed by atoms with E-state index >= 15 is 0 Å². The van der Waals surface area contributed by atoms with Crippen molar-refractivity contribution in [1.82, 2.24) is 19.8 Å². The average molecular weight is 334 g/mol. The average Bonchev–Trinajstić information content (AvgIpc) is 3.27. The van der Waals surface area contributed by atoms with Gasteiger partial charge in [-0.15, -0.1) is 22.7 Å². The van der Waals surface area contributed by atoms with Crippen molar-refractivity contribution in [1.29, 1.82) is 0 Å². The number of likely N-dealkylation sites (tertiary alicyclic amines) is 2. The predicted molar refractivity (Wildman–Crippen MR) is 87.0 cm³/mol. The second-order valence-corrected chi connectivity index (χ2v) is 7.75. The van der Waals surface area contributed by atoms with Crippen LogP contribution in [0.25, 0.3) is 0 Å². The van der Waals surface area contributed by atoms with Gasteiger partial charge in [0, 0.05) is 43.1 Å². The van der Waals surface area contributed by atoms with Crippen LogP contribution in [0.2, 0.25) is 0 Å². The van der Waals surface area contributed by atoms with E-state index in [4.69, 9.17) is 0 Å². The van der Waals surface area contributed by atoms with Crippen LogP contribution in [0.1, 0.15) is 21.9 Å². The fourth-order valence-electron chi connectivity index (χ4n) is 3.58. The number of fused-ring (bicyclic) bond motifs is 1. The summed E-state index contributed by atoms with van der Waals surface area (Å²) in [6.07, 6.45) is 2.98. The maximum Gasteiger partial charge on any atom is 0.273 e. The van der Waals surface area contributed by atoms with Crippen molar-refractivity contribution in [3.63, 3.8) is 0 Å². The summed E-state index contributed by atoms with van der Waals surface area (Å²) in [5.41, 5.74) is 2.33. The van der Waals surface area contributed by atoms with Gasteiger partial charge in [-0.3, -0.25) is 9.69 Å². The molecule has 0 bridgehead atoms. The first-order valence-electron chi connectivity index (χ1n) is 7.58. The summed E-state index contributed by atoms with van der Waals surface area (Å²) in [6, 6.07) is 0. The van der Waals surface area contributed by atoms with E-state index in [-0.39, 0.29) is 5.91 Å². The van der Waals surface area contributed by atoms with Crippen LogP contribution in [0.15, 0.2) is 22.5 Å². The summed E-state index contributed by atoms with van der Waals surface area (Å²) in [5, 5.41) is 5.07. The Morgan fingerprint density at radius 1 is 1.27 bits per heavy atom. The molecule has 2 aliphatic heterocycles. The van der Waals surface area contributed by atoms with Crippen molar-refractivity contribution < 1.29 is 4.79 Å². The number of hydrogen-bond acceptors (Lipinski definition) is 6. The van der Waals surface area contributed by atoms with Crippen LogP contribution in [-0.2, 0) is 6.54 Å². The maximum absolute atomic E-state index is 12.4. The Balaban J connectivity index is 1.38. The molecule has 2 aromatic rings. The Bertz CT molecular complexity index is 628. The summed E-state index contributed by atoms with van der Waals surface area (Å²) in [6.45, 7) is 4.90. The number of aromatic nitrogens is 2. The molecule has 22 heavy (non-hydrogen) atoms. The number of carbonyl (C=O) groups is 1. The molecular weight excluding hydrogens is 316 g/mol. The number of thiazole rings is 2. The molecule has 0 saturated carbocycles. The van der Waals surface area contributed by atoms with E-state index in [1.54, 1.807) is 16.8 Å². The SMILES string of the molecule is O=C(c1cscn1)N1CC[C@H]2CN(Cc3nccs3)C[C@H]2C1. The molecule has 116 valence electrons. The Labute approximate surface area is 137 Å². The van der Waals surface area contributed by atoms with Crippen molar-refractivity contribution in [2.45, 2.75) is 13.0 Å². The smallest absolute Gasteiger partial charge is 0.273 e. The van der Waals surface area contributed by atoms with Crippen molar-refractivity contribution in [2.24, 2.45) is 11.8 Å². The molecule has 0 aromatic carbocycles. The maximum atomic E-state index is 12.4. The topological polar surface area (TPSA) is 49.3 Å². The highest BCUT2D eigenvalue weighted by Crippen LogP contribution is 2.32. The Hall–Kier alpha value is -1.31. The molecule has 4 rings (SSSR count). The van der Waals surface area contributed by atoms with Crippen LogP contribution in [0.3, 0.4) is 0 Å². The van der Waals surface area contributed by atoms with Gasteiger partial charge in [-0.05, 0) is 18.3 Å². The van der Waals surface area contributed by atoms with Gasteiger partial charge in [0.1, 0.15) is 10.7 Å². The minimum Gasteiger partial charge on any atom is -0.337 e. The lowest BCUT2D eigenvalue weighted by Gasteiger charge is -2.34. The van der Waals surface area contributed by atoms with E-state index in [0.29, 0.717) is 11.6 Å². The van der Waals surface area contributed by atoms with Gasteiger partial charge in [0.2, 0.25) is 0 Å². The summed E-state index contributed by atoms with van der Waals surface area (Å²) in [5.74, 6) is 1.41. The number of hydrogen-bond donors (Lipinski definition) is 0. The lowest BCUT2D eigenvalue weighted by Crippen LogP contribution is -2.43. The van der Waals surface area contributed by atoms with Gasteiger partial charge in [-0.25, -0.2) is 9.97 Å². The second-order valence-electron chi connectivity index (χ2n) is 6.05. The first kappa shape index (κ1) is 14.3. The lowest BCUT2D eigenvalue weighted by molar-refractivity contribution is 0.0637. The van der Waals surface area contributed by atoms with Crippen molar-refractivity contribution in [3.05, 3.63) is 33.2 Å². The first-order chi connectivity index (χ1) is 10.8. The highest BCUT2D eigenvalue weighted by molar-refractivity contribution is 7.09. The minimum atomic E-state index is 0.0954. The fraction of sp³-hybridized carbons (Fsp3) is 0.533. The third-order valence-electron chi connectivity index (χ3n) is 4.66. The van der Waals surface area contributed by atoms with E-state index in [2.05, 4.69) is 14.9 Å².